The highest BCUT2D eigenvalue weighted by molar-refractivity contribution is 5.80. The largest absolute Gasteiger partial charge is 0.493 e. The van der Waals surface area contributed by atoms with E-state index in [4.69, 9.17) is 9.47 Å². The molecule has 0 spiro atoms. The quantitative estimate of drug-likeness (QED) is 0.676. The van der Waals surface area contributed by atoms with Crippen LogP contribution in [0.3, 0.4) is 0 Å². The van der Waals surface area contributed by atoms with Gasteiger partial charge in [-0.1, -0.05) is 37.0 Å². The summed E-state index contributed by atoms with van der Waals surface area (Å²) < 4.78 is 10.6. The molecule has 0 unspecified atom stereocenters. The molecule has 0 heterocycles. The van der Waals surface area contributed by atoms with Crippen molar-refractivity contribution >= 4 is 11.9 Å². The van der Waals surface area contributed by atoms with Gasteiger partial charge in [0.1, 0.15) is 5.75 Å². The number of ether oxygens (including phenoxy) is 2. The van der Waals surface area contributed by atoms with Crippen LogP contribution in [0.25, 0.3) is 0 Å². The van der Waals surface area contributed by atoms with Gasteiger partial charge in [-0.15, -0.1) is 0 Å². The molecule has 1 aromatic carbocycles. The molecule has 1 aliphatic rings. The van der Waals surface area contributed by atoms with Gasteiger partial charge in [-0.05, 0) is 38.8 Å². The summed E-state index contributed by atoms with van der Waals surface area (Å²) in [6, 6.07) is 7.95. The first-order valence-electron chi connectivity index (χ1n) is 9.24. The van der Waals surface area contributed by atoms with Gasteiger partial charge in [0, 0.05) is 12.6 Å². The Morgan fingerprint density at radius 1 is 1.12 bits per heavy atom. The molecule has 0 radical (unpaired) electrons. The van der Waals surface area contributed by atoms with E-state index >= 15 is 0 Å². The van der Waals surface area contributed by atoms with Crippen molar-refractivity contribution in [3.05, 3.63) is 29.8 Å². The standard InChI is InChI=1S/C20H29NO4/c1-3-21(17-7-5-4-6-8-17)19(22)15-25-20(23)13-14-24-18-11-9-16(2)10-12-18/h9-12,17H,3-8,13-15H2,1-2H3. The van der Waals surface area contributed by atoms with Gasteiger partial charge in [0.15, 0.2) is 6.61 Å². The minimum Gasteiger partial charge on any atom is -0.493 e. The molecule has 1 aliphatic carbocycles. The second-order valence-corrected chi connectivity index (χ2v) is 6.54. The molecular formula is C20H29NO4. The summed E-state index contributed by atoms with van der Waals surface area (Å²) in [5.41, 5.74) is 1.16. The lowest BCUT2D eigenvalue weighted by Gasteiger charge is -2.33. The lowest BCUT2D eigenvalue weighted by Crippen LogP contribution is -2.43. The van der Waals surface area contributed by atoms with Gasteiger partial charge in [0.25, 0.3) is 5.91 Å². The van der Waals surface area contributed by atoms with Gasteiger partial charge < -0.3 is 14.4 Å². The first-order chi connectivity index (χ1) is 12.1. The normalized spacial score (nSPS) is 14.8. The second-order valence-electron chi connectivity index (χ2n) is 6.54. The number of rotatable bonds is 8. The highest BCUT2D eigenvalue weighted by Gasteiger charge is 2.24. The second kappa shape index (κ2) is 10.1. The molecule has 5 heteroatoms. The Bertz CT molecular complexity index is 549. The Hall–Kier alpha value is -2.04. The maximum atomic E-state index is 12.3. The highest BCUT2D eigenvalue weighted by atomic mass is 16.5. The Morgan fingerprint density at radius 2 is 1.80 bits per heavy atom. The summed E-state index contributed by atoms with van der Waals surface area (Å²) in [4.78, 5) is 26.0. The summed E-state index contributed by atoms with van der Waals surface area (Å²) in [7, 11) is 0. The molecule has 0 bridgehead atoms. The van der Waals surface area contributed by atoms with Crippen LogP contribution in [0.2, 0.25) is 0 Å². The fourth-order valence-electron chi connectivity index (χ4n) is 3.21. The Kier molecular flexibility index (Phi) is 7.76. The van der Waals surface area contributed by atoms with Gasteiger partial charge in [-0.25, -0.2) is 0 Å². The van der Waals surface area contributed by atoms with E-state index in [1.54, 1.807) is 0 Å². The molecule has 0 aliphatic heterocycles. The highest BCUT2D eigenvalue weighted by Crippen LogP contribution is 2.22. The van der Waals surface area contributed by atoms with Gasteiger partial charge in [0.2, 0.25) is 0 Å². The van der Waals surface area contributed by atoms with Crippen LogP contribution in [0.4, 0.5) is 0 Å². The summed E-state index contributed by atoms with van der Waals surface area (Å²) in [5.74, 6) is 0.228. The zero-order valence-corrected chi connectivity index (χ0v) is 15.3. The molecule has 25 heavy (non-hydrogen) atoms. The van der Waals surface area contributed by atoms with Crippen molar-refractivity contribution in [3.8, 4) is 5.75 Å². The lowest BCUT2D eigenvalue weighted by molar-refractivity contribution is -0.153. The maximum absolute atomic E-state index is 12.3. The fourth-order valence-corrected chi connectivity index (χ4v) is 3.21. The maximum Gasteiger partial charge on any atom is 0.309 e. The summed E-state index contributed by atoms with van der Waals surface area (Å²) >= 11 is 0. The van der Waals surface area contributed by atoms with E-state index in [-0.39, 0.29) is 25.5 Å². The lowest BCUT2D eigenvalue weighted by atomic mass is 9.94. The van der Waals surface area contributed by atoms with Gasteiger partial charge in [-0.2, -0.15) is 0 Å². The van der Waals surface area contributed by atoms with E-state index in [9.17, 15) is 9.59 Å². The fraction of sp³-hybridized carbons (Fsp3) is 0.600. The Labute approximate surface area is 150 Å². The van der Waals surface area contributed by atoms with Crippen LogP contribution < -0.4 is 4.74 Å². The van der Waals surface area contributed by atoms with E-state index < -0.39 is 5.97 Å². The minimum absolute atomic E-state index is 0.0952. The van der Waals surface area contributed by atoms with E-state index in [1.165, 1.54) is 19.3 Å². The molecule has 1 aromatic rings. The summed E-state index contributed by atoms with van der Waals surface area (Å²) in [6.45, 7) is 4.72. The Morgan fingerprint density at radius 3 is 2.44 bits per heavy atom. The number of likely N-dealkylation sites (N-methyl/N-ethyl adjacent to an activating group) is 1. The van der Waals surface area contributed by atoms with Gasteiger partial charge in [-0.3, -0.25) is 9.59 Å². The average Bonchev–Trinajstić information content (AvgIpc) is 2.63. The Balaban J connectivity index is 1.67. The van der Waals surface area contributed by atoms with E-state index in [0.717, 1.165) is 24.2 Å². The van der Waals surface area contributed by atoms with Crippen molar-refractivity contribution in [2.45, 2.75) is 58.4 Å². The number of benzene rings is 1. The van der Waals surface area contributed by atoms with Crippen LogP contribution >= 0.6 is 0 Å². The molecule has 0 saturated heterocycles. The third-order valence-corrected chi connectivity index (χ3v) is 4.63. The molecule has 138 valence electrons. The van der Waals surface area contributed by atoms with Crippen LogP contribution in [-0.2, 0) is 14.3 Å². The molecule has 0 aromatic heterocycles. The van der Waals surface area contributed by atoms with E-state index in [1.807, 2.05) is 43.0 Å². The number of carbonyl (C=O) groups is 2. The van der Waals surface area contributed by atoms with Crippen LogP contribution in [0.5, 0.6) is 5.75 Å². The third kappa shape index (κ3) is 6.40. The van der Waals surface area contributed by atoms with E-state index in [0.29, 0.717) is 12.6 Å². The first kappa shape index (κ1) is 19.3. The minimum atomic E-state index is -0.403. The number of nitrogens with zero attached hydrogens (tertiary/aromatic N) is 1. The zero-order chi connectivity index (χ0) is 18.1. The van der Waals surface area contributed by atoms with Crippen LogP contribution in [0, 0.1) is 6.92 Å². The number of hydrogen-bond acceptors (Lipinski definition) is 4. The molecule has 1 saturated carbocycles. The zero-order valence-electron chi connectivity index (χ0n) is 15.3. The number of aryl methyl sites for hydroxylation is 1. The SMILES string of the molecule is CCN(C(=O)COC(=O)CCOc1ccc(C)cc1)C1CCCCC1. The predicted molar refractivity (Wildman–Crippen MR) is 96.5 cm³/mol. The topological polar surface area (TPSA) is 55.8 Å². The van der Waals surface area contributed by atoms with Gasteiger partial charge in [0.05, 0.1) is 13.0 Å². The molecule has 0 atom stereocenters. The van der Waals surface area contributed by atoms with Crippen LogP contribution in [0.15, 0.2) is 24.3 Å². The predicted octanol–water partition coefficient (Wildman–Crippen LogP) is 3.49. The molecule has 1 fully saturated rings. The van der Waals surface area contributed by atoms with E-state index in [2.05, 4.69) is 0 Å². The van der Waals surface area contributed by atoms with Crippen molar-refractivity contribution < 1.29 is 19.1 Å². The molecule has 0 N–H and O–H groups in total. The van der Waals surface area contributed by atoms with Gasteiger partial charge >= 0.3 is 5.97 Å². The number of carbonyl (C=O) groups excluding carboxylic acids is 2. The van der Waals surface area contributed by atoms with Crippen LogP contribution in [0.1, 0.15) is 51.0 Å². The molecule has 2 rings (SSSR count). The molecular weight excluding hydrogens is 318 g/mol. The number of hydrogen-bond donors (Lipinski definition) is 0. The van der Waals surface area contributed by atoms with Crippen molar-refractivity contribution in [3.63, 3.8) is 0 Å². The third-order valence-electron chi connectivity index (χ3n) is 4.63. The summed E-state index contributed by atoms with van der Waals surface area (Å²) in [5, 5.41) is 0. The smallest absolute Gasteiger partial charge is 0.309 e. The van der Waals surface area contributed by atoms with Crippen molar-refractivity contribution in [1.29, 1.82) is 0 Å². The van der Waals surface area contributed by atoms with Crippen molar-refractivity contribution in [1.82, 2.24) is 4.90 Å². The molecule has 1 amide bonds. The average molecular weight is 347 g/mol. The van der Waals surface area contributed by atoms with Crippen molar-refractivity contribution in [2.75, 3.05) is 19.8 Å². The first-order valence-corrected chi connectivity index (χ1v) is 9.24. The number of amides is 1. The monoisotopic (exact) mass is 347 g/mol. The molecule has 5 nitrogen and oxygen atoms in total. The van der Waals surface area contributed by atoms with Crippen molar-refractivity contribution in [2.24, 2.45) is 0 Å². The number of esters is 1. The van der Waals surface area contributed by atoms with Crippen LogP contribution in [-0.4, -0.2) is 42.6 Å². The summed E-state index contributed by atoms with van der Waals surface area (Å²) in [6.07, 6.45) is 5.83.